The van der Waals surface area contributed by atoms with Crippen molar-refractivity contribution >= 4 is 50.7 Å². The number of halogens is 2. The van der Waals surface area contributed by atoms with E-state index >= 15 is 0 Å². The van der Waals surface area contributed by atoms with Crippen molar-refractivity contribution < 1.29 is 27.5 Å². The van der Waals surface area contributed by atoms with Gasteiger partial charge in [-0.1, -0.05) is 91.1 Å². The number of anilines is 1. The molecule has 0 aliphatic rings. The van der Waals surface area contributed by atoms with Crippen molar-refractivity contribution in [3.05, 3.63) is 118 Å². The van der Waals surface area contributed by atoms with E-state index in [1.54, 1.807) is 42.5 Å². The van der Waals surface area contributed by atoms with Crippen molar-refractivity contribution in [3.8, 4) is 11.5 Å². The molecule has 49 heavy (non-hydrogen) atoms. The summed E-state index contributed by atoms with van der Waals surface area (Å²) >= 11 is 12.8. The Morgan fingerprint density at radius 2 is 1.57 bits per heavy atom. The van der Waals surface area contributed by atoms with Crippen LogP contribution in [0.1, 0.15) is 30.5 Å². The van der Waals surface area contributed by atoms with E-state index in [0.29, 0.717) is 27.9 Å². The Bertz CT molecular complexity index is 1850. The molecule has 4 aromatic rings. The maximum Gasteiger partial charge on any atom is 0.264 e. The van der Waals surface area contributed by atoms with Crippen LogP contribution in [-0.2, 0) is 32.6 Å². The zero-order valence-corrected chi connectivity index (χ0v) is 30.5. The van der Waals surface area contributed by atoms with Gasteiger partial charge in [0.05, 0.1) is 24.8 Å². The number of hydrogen-bond donors (Lipinski definition) is 1. The van der Waals surface area contributed by atoms with Crippen molar-refractivity contribution in [1.29, 1.82) is 0 Å². The van der Waals surface area contributed by atoms with Gasteiger partial charge in [-0.15, -0.1) is 0 Å². The monoisotopic (exact) mass is 725 g/mol. The third-order valence-corrected chi connectivity index (χ3v) is 10.2. The molecule has 0 saturated carbocycles. The fourth-order valence-electron chi connectivity index (χ4n) is 5.15. The predicted octanol–water partition coefficient (Wildman–Crippen LogP) is 6.93. The number of sulfonamides is 1. The fourth-order valence-corrected chi connectivity index (χ4v) is 7.04. The van der Waals surface area contributed by atoms with Gasteiger partial charge in [-0.25, -0.2) is 8.42 Å². The second kappa shape index (κ2) is 16.9. The quantitative estimate of drug-likeness (QED) is 0.143. The number of ether oxygens (including phenoxy) is 2. The molecule has 4 rings (SSSR count). The molecule has 12 heteroatoms. The van der Waals surface area contributed by atoms with Crippen molar-refractivity contribution in [1.82, 2.24) is 10.2 Å². The largest absolute Gasteiger partial charge is 0.497 e. The van der Waals surface area contributed by atoms with Crippen LogP contribution in [0.5, 0.6) is 11.5 Å². The number of methoxy groups -OCH3 is 2. The molecule has 0 bridgehead atoms. The minimum absolute atomic E-state index is 0.0291. The van der Waals surface area contributed by atoms with E-state index in [0.717, 1.165) is 15.4 Å². The molecule has 0 radical (unpaired) electrons. The standard InChI is InChI=1S/C37H41Cl2N3O6S/c1-25(2)22-40-37(44)34(19-27-9-7-6-8-10-27)41(23-28-13-14-29(38)20-32(28)39)36(43)24-42(33-21-30(47-4)15-18-35(33)48-5)49(45,46)31-16-11-26(3)12-17-31/h6-18,20-21,25,34H,19,22-24H2,1-5H3,(H,40,44)/t34-/m1/s1. The summed E-state index contributed by atoms with van der Waals surface area (Å²) in [5, 5.41) is 3.67. The Hall–Kier alpha value is -4.25. The fraction of sp³-hybridized carbons (Fsp3) is 0.297. The van der Waals surface area contributed by atoms with E-state index in [4.69, 9.17) is 32.7 Å². The number of rotatable bonds is 15. The summed E-state index contributed by atoms with van der Waals surface area (Å²) in [7, 11) is -1.50. The second-order valence-electron chi connectivity index (χ2n) is 12.0. The number of carbonyl (C=O) groups excluding carboxylic acids is 2. The van der Waals surface area contributed by atoms with Gasteiger partial charge in [0.15, 0.2) is 0 Å². The SMILES string of the molecule is COc1ccc(OC)c(N(CC(=O)N(Cc2ccc(Cl)cc2Cl)[C@H](Cc2ccccc2)C(=O)NCC(C)C)S(=O)(=O)c2ccc(C)cc2)c1. The van der Waals surface area contributed by atoms with Crippen LogP contribution < -0.4 is 19.1 Å². The lowest BCUT2D eigenvalue weighted by molar-refractivity contribution is -0.140. The van der Waals surface area contributed by atoms with Crippen LogP contribution in [0.3, 0.4) is 0 Å². The summed E-state index contributed by atoms with van der Waals surface area (Å²) < 4.78 is 40.9. The summed E-state index contributed by atoms with van der Waals surface area (Å²) in [5.74, 6) is -0.332. The summed E-state index contributed by atoms with van der Waals surface area (Å²) in [4.78, 5) is 30.1. The summed E-state index contributed by atoms with van der Waals surface area (Å²) in [6.45, 7) is 5.39. The van der Waals surface area contributed by atoms with Crippen molar-refractivity contribution in [2.45, 2.75) is 44.7 Å². The van der Waals surface area contributed by atoms with Crippen LogP contribution in [0.25, 0.3) is 0 Å². The number of nitrogens with one attached hydrogen (secondary N) is 1. The zero-order valence-electron chi connectivity index (χ0n) is 28.2. The van der Waals surface area contributed by atoms with Gasteiger partial charge in [0, 0.05) is 35.6 Å². The average Bonchev–Trinajstić information content (AvgIpc) is 3.08. The molecule has 260 valence electrons. The maximum absolute atomic E-state index is 14.8. The molecule has 0 heterocycles. The number of carbonyl (C=O) groups is 2. The van der Waals surface area contributed by atoms with Gasteiger partial charge >= 0.3 is 0 Å². The lowest BCUT2D eigenvalue weighted by atomic mass is 10.0. The number of amides is 2. The maximum atomic E-state index is 14.8. The van der Waals surface area contributed by atoms with E-state index in [1.165, 1.54) is 37.3 Å². The normalized spacial score (nSPS) is 11.9. The minimum Gasteiger partial charge on any atom is -0.497 e. The molecule has 0 aliphatic carbocycles. The molecule has 0 unspecified atom stereocenters. The second-order valence-corrected chi connectivity index (χ2v) is 14.7. The lowest BCUT2D eigenvalue weighted by Gasteiger charge is -2.34. The number of hydrogen-bond acceptors (Lipinski definition) is 6. The summed E-state index contributed by atoms with van der Waals surface area (Å²) in [6, 6.07) is 24.2. The van der Waals surface area contributed by atoms with Gasteiger partial charge in [0.2, 0.25) is 11.8 Å². The lowest BCUT2D eigenvalue weighted by Crippen LogP contribution is -2.53. The van der Waals surface area contributed by atoms with E-state index in [9.17, 15) is 18.0 Å². The third kappa shape index (κ3) is 9.68. The Kier molecular flexibility index (Phi) is 13.0. The van der Waals surface area contributed by atoms with Gasteiger partial charge in [0.25, 0.3) is 10.0 Å². The van der Waals surface area contributed by atoms with E-state index in [2.05, 4.69) is 5.32 Å². The van der Waals surface area contributed by atoms with Gasteiger partial charge in [-0.3, -0.25) is 13.9 Å². The first kappa shape index (κ1) is 37.6. The van der Waals surface area contributed by atoms with Crippen LogP contribution >= 0.6 is 23.2 Å². The van der Waals surface area contributed by atoms with E-state index in [-0.39, 0.29) is 41.1 Å². The molecule has 2 amide bonds. The van der Waals surface area contributed by atoms with Gasteiger partial charge in [0.1, 0.15) is 24.1 Å². The van der Waals surface area contributed by atoms with Crippen LogP contribution in [0.4, 0.5) is 5.69 Å². The highest BCUT2D eigenvalue weighted by atomic mass is 35.5. The summed E-state index contributed by atoms with van der Waals surface area (Å²) in [5.41, 5.74) is 2.29. The topological polar surface area (TPSA) is 105 Å². The third-order valence-electron chi connectivity index (χ3n) is 7.85. The highest BCUT2D eigenvalue weighted by Gasteiger charge is 2.36. The summed E-state index contributed by atoms with van der Waals surface area (Å²) in [6.07, 6.45) is 0.162. The number of benzene rings is 4. The molecule has 1 atom stereocenters. The highest BCUT2D eigenvalue weighted by Crippen LogP contribution is 2.36. The first-order chi connectivity index (χ1) is 23.3. The van der Waals surface area contributed by atoms with Gasteiger partial charge in [-0.2, -0.15) is 0 Å². The molecular weight excluding hydrogens is 685 g/mol. The van der Waals surface area contributed by atoms with Crippen molar-refractivity contribution in [2.75, 3.05) is 31.6 Å². The average molecular weight is 727 g/mol. The van der Waals surface area contributed by atoms with Crippen LogP contribution in [0.15, 0.2) is 95.9 Å². The van der Waals surface area contributed by atoms with Gasteiger partial charge < -0.3 is 19.7 Å². The molecule has 0 spiro atoms. The van der Waals surface area contributed by atoms with Crippen LogP contribution in [0.2, 0.25) is 10.0 Å². The van der Waals surface area contributed by atoms with Crippen LogP contribution in [-0.4, -0.2) is 58.5 Å². The Labute approximate surface area is 298 Å². The van der Waals surface area contributed by atoms with Gasteiger partial charge in [-0.05, 0) is 60.4 Å². The van der Waals surface area contributed by atoms with Crippen molar-refractivity contribution in [2.24, 2.45) is 5.92 Å². The van der Waals surface area contributed by atoms with Crippen LogP contribution in [0, 0.1) is 12.8 Å². The first-order valence-electron chi connectivity index (χ1n) is 15.7. The van der Waals surface area contributed by atoms with E-state index < -0.39 is 28.5 Å². The molecule has 1 N–H and O–H groups in total. The Morgan fingerprint density at radius 1 is 0.878 bits per heavy atom. The predicted molar refractivity (Wildman–Crippen MR) is 194 cm³/mol. The highest BCUT2D eigenvalue weighted by molar-refractivity contribution is 7.92. The molecule has 0 saturated heterocycles. The number of aryl methyl sites for hydroxylation is 1. The molecule has 0 aliphatic heterocycles. The van der Waals surface area contributed by atoms with Crippen molar-refractivity contribution in [3.63, 3.8) is 0 Å². The molecule has 0 aromatic heterocycles. The molecular formula is C37H41Cl2N3O6S. The zero-order chi connectivity index (χ0) is 35.7. The Morgan fingerprint density at radius 3 is 2.18 bits per heavy atom. The first-order valence-corrected chi connectivity index (χ1v) is 17.9. The molecule has 0 fully saturated rings. The van der Waals surface area contributed by atoms with E-state index in [1.807, 2.05) is 51.1 Å². The smallest absolute Gasteiger partial charge is 0.264 e. The Balaban J connectivity index is 1.88. The number of nitrogens with zero attached hydrogens (tertiary/aromatic N) is 2. The minimum atomic E-state index is -4.36. The molecule has 4 aromatic carbocycles. The molecule has 9 nitrogen and oxygen atoms in total.